The zero-order valence-corrected chi connectivity index (χ0v) is 16.6. The van der Waals surface area contributed by atoms with Crippen molar-refractivity contribution >= 4 is 11.9 Å². The molecule has 4 nitrogen and oxygen atoms in total. The van der Waals surface area contributed by atoms with Crippen LogP contribution in [0.1, 0.15) is 91.9 Å². The van der Waals surface area contributed by atoms with Crippen LogP contribution in [-0.4, -0.2) is 23.1 Å². The molecule has 0 aromatic carbocycles. The van der Waals surface area contributed by atoms with Gasteiger partial charge in [0, 0.05) is 0 Å². The molecule has 1 aliphatic rings. The van der Waals surface area contributed by atoms with Crippen LogP contribution in [0.2, 0.25) is 0 Å². The molecule has 1 rings (SSSR count). The molecule has 0 aromatic rings. The Morgan fingerprint density at radius 2 is 1.64 bits per heavy atom. The van der Waals surface area contributed by atoms with E-state index in [1.54, 1.807) is 0 Å². The second-order valence-corrected chi connectivity index (χ2v) is 8.23. The fraction of sp³-hybridized carbons (Fsp3) is 0.905. The number of hydrogen-bond donors (Lipinski definition) is 1. The largest absolute Gasteiger partial charge is 0.481 e. The fourth-order valence-corrected chi connectivity index (χ4v) is 3.91. The van der Waals surface area contributed by atoms with E-state index >= 15 is 0 Å². The summed E-state index contributed by atoms with van der Waals surface area (Å²) in [6, 6.07) is 0. The molecule has 0 saturated heterocycles. The number of carboxylic acid groups (broad SMARTS) is 1. The lowest BCUT2D eigenvalue weighted by molar-refractivity contribution is -0.159. The molecule has 2 unspecified atom stereocenters. The van der Waals surface area contributed by atoms with Gasteiger partial charge >= 0.3 is 11.9 Å². The van der Waals surface area contributed by atoms with Crippen molar-refractivity contribution in [3.05, 3.63) is 0 Å². The van der Waals surface area contributed by atoms with Crippen molar-refractivity contribution < 1.29 is 19.4 Å². The highest BCUT2D eigenvalue weighted by atomic mass is 16.5. The van der Waals surface area contributed by atoms with Crippen molar-refractivity contribution in [2.75, 3.05) is 0 Å². The van der Waals surface area contributed by atoms with E-state index in [1.165, 1.54) is 19.3 Å². The number of hydrogen-bond acceptors (Lipinski definition) is 3. The van der Waals surface area contributed by atoms with Gasteiger partial charge in [0.25, 0.3) is 0 Å². The van der Waals surface area contributed by atoms with Crippen molar-refractivity contribution in [2.45, 2.75) is 98.0 Å². The SMILES string of the molecule is CCCCC(CC)CC(CC(C)C)OC(=O)C1CCC(C(=O)O)CC1. The predicted molar refractivity (Wildman–Crippen MR) is 100 cm³/mol. The Hall–Kier alpha value is -1.06. The lowest BCUT2D eigenvalue weighted by atomic mass is 9.82. The van der Waals surface area contributed by atoms with Gasteiger partial charge in [0.1, 0.15) is 6.10 Å². The zero-order chi connectivity index (χ0) is 18.8. The van der Waals surface area contributed by atoms with E-state index in [0.717, 1.165) is 19.3 Å². The summed E-state index contributed by atoms with van der Waals surface area (Å²) in [6.45, 7) is 8.78. The number of carboxylic acids is 1. The molecule has 1 saturated carbocycles. The summed E-state index contributed by atoms with van der Waals surface area (Å²) < 4.78 is 5.92. The predicted octanol–water partition coefficient (Wildman–Crippen LogP) is 5.44. The van der Waals surface area contributed by atoms with Gasteiger partial charge in [-0.25, -0.2) is 0 Å². The molecule has 146 valence electrons. The second kappa shape index (κ2) is 11.5. The average molecular weight is 355 g/mol. The summed E-state index contributed by atoms with van der Waals surface area (Å²) in [5.74, 6) is -0.0930. The molecule has 1 N–H and O–H groups in total. The van der Waals surface area contributed by atoms with Gasteiger partial charge in [0.05, 0.1) is 11.8 Å². The summed E-state index contributed by atoms with van der Waals surface area (Å²) in [7, 11) is 0. The molecule has 0 aromatic heterocycles. The van der Waals surface area contributed by atoms with Crippen molar-refractivity contribution in [1.82, 2.24) is 0 Å². The molecular weight excluding hydrogens is 316 g/mol. The molecule has 1 fully saturated rings. The Labute approximate surface area is 153 Å². The number of carbonyl (C=O) groups excluding carboxylic acids is 1. The van der Waals surface area contributed by atoms with Crippen LogP contribution in [0.15, 0.2) is 0 Å². The van der Waals surface area contributed by atoms with Gasteiger partial charge in [-0.3, -0.25) is 9.59 Å². The van der Waals surface area contributed by atoms with Crippen LogP contribution in [0.3, 0.4) is 0 Å². The molecular formula is C21H38O4. The molecule has 0 amide bonds. The molecule has 0 bridgehead atoms. The van der Waals surface area contributed by atoms with Crippen LogP contribution >= 0.6 is 0 Å². The summed E-state index contributed by atoms with van der Waals surface area (Å²) in [5.41, 5.74) is 0. The zero-order valence-electron chi connectivity index (χ0n) is 16.6. The normalized spacial score (nSPS) is 23.2. The van der Waals surface area contributed by atoms with E-state index in [0.29, 0.717) is 37.5 Å². The van der Waals surface area contributed by atoms with Crippen molar-refractivity contribution in [1.29, 1.82) is 0 Å². The van der Waals surface area contributed by atoms with E-state index in [4.69, 9.17) is 9.84 Å². The first-order valence-electron chi connectivity index (χ1n) is 10.3. The highest BCUT2D eigenvalue weighted by molar-refractivity contribution is 5.74. The average Bonchev–Trinajstić information content (AvgIpc) is 2.57. The summed E-state index contributed by atoms with van der Waals surface area (Å²) in [5, 5.41) is 9.09. The van der Waals surface area contributed by atoms with Crippen molar-refractivity contribution in [3.8, 4) is 0 Å². The highest BCUT2D eigenvalue weighted by Crippen LogP contribution is 2.31. The third kappa shape index (κ3) is 8.24. The van der Waals surface area contributed by atoms with Crippen molar-refractivity contribution in [2.24, 2.45) is 23.7 Å². The quantitative estimate of drug-likeness (QED) is 0.502. The standard InChI is InChI=1S/C21H38O4/c1-5-7-8-16(6-2)14-19(13-15(3)4)25-21(24)18-11-9-17(10-12-18)20(22)23/h15-19H,5-14H2,1-4H3,(H,22,23). The smallest absolute Gasteiger partial charge is 0.309 e. The number of carbonyl (C=O) groups is 2. The molecule has 1 aliphatic carbocycles. The Kier molecular flexibility index (Phi) is 10.1. The minimum atomic E-state index is -0.730. The monoisotopic (exact) mass is 354 g/mol. The summed E-state index contributed by atoms with van der Waals surface area (Å²) in [6.07, 6.45) is 9.16. The minimum absolute atomic E-state index is 0.00602. The van der Waals surface area contributed by atoms with Crippen LogP contribution in [0.5, 0.6) is 0 Å². The highest BCUT2D eigenvalue weighted by Gasteiger charge is 2.32. The van der Waals surface area contributed by atoms with Crippen LogP contribution in [0, 0.1) is 23.7 Å². The number of ether oxygens (including phenoxy) is 1. The summed E-state index contributed by atoms with van der Waals surface area (Å²) >= 11 is 0. The topological polar surface area (TPSA) is 63.6 Å². The van der Waals surface area contributed by atoms with E-state index in [-0.39, 0.29) is 23.9 Å². The number of aliphatic carboxylic acids is 1. The lowest BCUT2D eigenvalue weighted by Crippen LogP contribution is -2.31. The Balaban J connectivity index is 2.55. The van der Waals surface area contributed by atoms with E-state index in [2.05, 4.69) is 27.7 Å². The maximum Gasteiger partial charge on any atom is 0.309 e. The van der Waals surface area contributed by atoms with Gasteiger partial charge in [0.15, 0.2) is 0 Å². The van der Waals surface area contributed by atoms with Gasteiger partial charge in [-0.1, -0.05) is 53.4 Å². The van der Waals surface area contributed by atoms with Gasteiger partial charge in [0.2, 0.25) is 0 Å². The fourth-order valence-electron chi connectivity index (χ4n) is 3.91. The molecule has 2 atom stereocenters. The molecule has 4 heteroatoms. The summed E-state index contributed by atoms with van der Waals surface area (Å²) in [4.78, 5) is 23.6. The van der Waals surface area contributed by atoms with Gasteiger partial charge in [-0.2, -0.15) is 0 Å². The second-order valence-electron chi connectivity index (χ2n) is 8.23. The minimum Gasteiger partial charge on any atom is -0.481 e. The van der Waals surface area contributed by atoms with Gasteiger partial charge in [-0.15, -0.1) is 0 Å². The molecule has 0 heterocycles. The van der Waals surface area contributed by atoms with Crippen LogP contribution < -0.4 is 0 Å². The maximum absolute atomic E-state index is 12.6. The Morgan fingerprint density at radius 1 is 1.04 bits per heavy atom. The van der Waals surface area contributed by atoms with E-state index in [1.807, 2.05) is 0 Å². The first-order chi connectivity index (χ1) is 11.9. The maximum atomic E-state index is 12.6. The van der Waals surface area contributed by atoms with Gasteiger partial charge < -0.3 is 9.84 Å². The molecule has 0 spiro atoms. The van der Waals surface area contributed by atoms with E-state index in [9.17, 15) is 9.59 Å². The van der Waals surface area contributed by atoms with E-state index < -0.39 is 5.97 Å². The lowest BCUT2D eigenvalue weighted by Gasteiger charge is -2.29. The van der Waals surface area contributed by atoms with Crippen LogP contribution in [0.25, 0.3) is 0 Å². The Bertz CT molecular complexity index is 397. The van der Waals surface area contributed by atoms with Gasteiger partial charge in [-0.05, 0) is 50.4 Å². The number of rotatable bonds is 11. The molecule has 0 radical (unpaired) electrons. The molecule has 0 aliphatic heterocycles. The third-order valence-corrected chi connectivity index (χ3v) is 5.57. The third-order valence-electron chi connectivity index (χ3n) is 5.57. The van der Waals surface area contributed by atoms with Crippen LogP contribution in [0.4, 0.5) is 0 Å². The number of esters is 1. The van der Waals surface area contributed by atoms with Crippen molar-refractivity contribution in [3.63, 3.8) is 0 Å². The van der Waals surface area contributed by atoms with Crippen LogP contribution in [-0.2, 0) is 14.3 Å². The molecule has 25 heavy (non-hydrogen) atoms. The Morgan fingerprint density at radius 3 is 2.12 bits per heavy atom. The first-order valence-corrected chi connectivity index (χ1v) is 10.3. The first kappa shape index (κ1) is 22.0. The number of unbranched alkanes of at least 4 members (excludes halogenated alkanes) is 1.